The molecule has 6 nitrogen and oxygen atoms in total. The first-order valence-corrected chi connectivity index (χ1v) is 6.61. The van der Waals surface area contributed by atoms with Crippen LogP contribution in [0.25, 0.3) is 11.0 Å². The Bertz CT molecular complexity index is 645. The Kier molecular flexibility index (Phi) is 3.37. The fourth-order valence-electron chi connectivity index (χ4n) is 2.62. The first-order chi connectivity index (χ1) is 9.63. The number of H-pyrrole nitrogens is 2. The van der Waals surface area contributed by atoms with Crippen LogP contribution < -0.4 is 10.9 Å². The molecular weight excluding hydrogens is 268 g/mol. The molecule has 0 bridgehead atoms. The summed E-state index contributed by atoms with van der Waals surface area (Å²) < 4.78 is 25.2. The Hall–Kier alpha value is -1.99. The maximum atomic E-state index is 12.6. The molecule has 1 saturated carbocycles. The van der Waals surface area contributed by atoms with Crippen LogP contribution in [0, 0.1) is 5.92 Å². The van der Waals surface area contributed by atoms with Crippen LogP contribution in [0.2, 0.25) is 0 Å². The van der Waals surface area contributed by atoms with Gasteiger partial charge in [0.2, 0.25) is 12.4 Å². The van der Waals surface area contributed by atoms with E-state index in [4.69, 9.17) is 0 Å². The number of anilines is 1. The zero-order valence-corrected chi connectivity index (χ0v) is 10.7. The van der Waals surface area contributed by atoms with E-state index >= 15 is 0 Å². The minimum absolute atomic E-state index is 0.0634. The van der Waals surface area contributed by atoms with Crippen LogP contribution in [-0.4, -0.2) is 32.6 Å². The summed E-state index contributed by atoms with van der Waals surface area (Å²) in [6.07, 6.45) is 1.46. The predicted molar refractivity (Wildman–Crippen MR) is 69.9 cm³/mol. The quantitative estimate of drug-likeness (QED) is 0.802. The fraction of sp³-hybridized carbons (Fsp3) is 0.583. The van der Waals surface area contributed by atoms with Crippen molar-refractivity contribution in [2.24, 2.45) is 5.92 Å². The number of nitrogens with one attached hydrogen (secondary N) is 3. The van der Waals surface area contributed by atoms with Crippen LogP contribution in [0.4, 0.5) is 14.7 Å². The molecule has 0 saturated heterocycles. The number of rotatable bonds is 3. The molecule has 1 fully saturated rings. The molecule has 20 heavy (non-hydrogen) atoms. The van der Waals surface area contributed by atoms with Crippen LogP contribution in [0.15, 0.2) is 11.0 Å². The number of hydrogen-bond acceptors (Lipinski definition) is 4. The highest BCUT2D eigenvalue weighted by molar-refractivity contribution is 5.73. The summed E-state index contributed by atoms with van der Waals surface area (Å²) in [7, 11) is 0. The number of aromatic amines is 2. The Labute approximate surface area is 113 Å². The van der Waals surface area contributed by atoms with Gasteiger partial charge < -0.3 is 5.32 Å². The Morgan fingerprint density at radius 2 is 2.05 bits per heavy atom. The van der Waals surface area contributed by atoms with E-state index in [0.29, 0.717) is 42.7 Å². The van der Waals surface area contributed by atoms with E-state index in [-0.39, 0.29) is 11.6 Å². The molecule has 0 aliphatic heterocycles. The predicted octanol–water partition coefficient (Wildman–Crippen LogP) is 1.88. The molecule has 2 heterocycles. The van der Waals surface area contributed by atoms with E-state index in [1.807, 2.05) is 0 Å². The van der Waals surface area contributed by atoms with Crippen LogP contribution >= 0.6 is 0 Å². The maximum absolute atomic E-state index is 12.6. The molecule has 2 aromatic heterocycles. The molecule has 108 valence electrons. The smallest absolute Gasteiger partial charge is 0.263 e. The van der Waals surface area contributed by atoms with Crippen LogP contribution in [0.5, 0.6) is 0 Å². The molecule has 3 rings (SSSR count). The molecular formula is C12H15F2N5O. The normalized spacial score (nSPS) is 23.4. The highest BCUT2D eigenvalue weighted by Gasteiger charge is 2.27. The Balaban J connectivity index is 1.70. The first kappa shape index (κ1) is 13.0. The van der Waals surface area contributed by atoms with Crippen molar-refractivity contribution in [2.45, 2.75) is 38.2 Å². The van der Waals surface area contributed by atoms with Crippen molar-refractivity contribution in [2.75, 3.05) is 5.32 Å². The summed E-state index contributed by atoms with van der Waals surface area (Å²) in [6.45, 7) is 0. The second-order valence-corrected chi connectivity index (χ2v) is 5.14. The van der Waals surface area contributed by atoms with E-state index in [1.165, 1.54) is 6.20 Å². The van der Waals surface area contributed by atoms with Gasteiger partial charge in [-0.3, -0.25) is 14.9 Å². The molecule has 0 radical (unpaired) electrons. The molecule has 0 amide bonds. The van der Waals surface area contributed by atoms with E-state index < -0.39 is 12.3 Å². The minimum Gasteiger partial charge on any atom is -0.353 e. The lowest BCUT2D eigenvalue weighted by molar-refractivity contribution is 0.0544. The standard InChI is InChI=1S/C12H15F2N5O/c13-9(14)6-1-3-7(4-2-6)16-12-17-10-8(5-15-19-10)11(20)18-12/h5-7,9H,1-4H2,(H3,15,16,17,18,19,20). The molecule has 3 N–H and O–H groups in total. The highest BCUT2D eigenvalue weighted by Crippen LogP contribution is 2.30. The fourth-order valence-corrected chi connectivity index (χ4v) is 2.62. The van der Waals surface area contributed by atoms with Crippen LogP contribution in [0.3, 0.4) is 0 Å². The second-order valence-electron chi connectivity index (χ2n) is 5.14. The lowest BCUT2D eigenvalue weighted by atomic mass is 9.86. The highest BCUT2D eigenvalue weighted by atomic mass is 19.3. The van der Waals surface area contributed by atoms with Gasteiger partial charge in [0.15, 0.2) is 5.65 Å². The zero-order valence-electron chi connectivity index (χ0n) is 10.7. The molecule has 0 spiro atoms. The van der Waals surface area contributed by atoms with E-state index in [1.54, 1.807) is 0 Å². The van der Waals surface area contributed by atoms with Gasteiger partial charge >= 0.3 is 0 Å². The lowest BCUT2D eigenvalue weighted by Crippen LogP contribution is -2.30. The summed E-state index contributed by atoms with van der Waals surface area (Å²) in [4.78, 5) is 18.6. The Morgan fingerprint density at radius 1 is 1.30 bits per heavy atom. The topological polar surface area (TPSA) is 86.5 Å². The SMILES string of the molecule is O=c1[nH]c(NC2CCC(C(F)F)CC2)nc2[nH]ncc12. The molecule has 8 heteroatoms. The third kappa shape index (κ3) is 2.50. The molecule has 2 aromatic rings. The molecule has 0 aromatic carbocycles. The monoisotopic (exact) mass is 283 g/mol. The van der Waals surface area contributed by atoms with Gasteiger partial charge in [0.25, 0.3) is 5.56 Å². The van der Waals surface area contributed by atoms with Crippen molar-refractivity contribution in [3.63, 3.8) is 0 Å². The average Bonchev–Trinajstić information content (AvgIpc) is 2.88. The minimum atomic E-state index is -2.24. The Morgan fingerprint density at radius 3 is 2.75 bits per heavy atom. The van der Waals surface area contributed by atoms with Gasteiger partial charge in [0.05, 0.1) is 6.20 Å². The molecule has 1 aliphatic rings. The second kappa shape index (κ2) is 5.18. The molecule has 0 unspecified atom stereocenters. The first-order valence-electron chi connectivity index (χ1n) is 6.61. The van der Waals surface area contributed by atoms with Gasteiger partial charge in [0.1, 0.15) is 5.39 Å². The van der Waals surface area contributed by atoms with E-state index in [9.17, 15) is 13.6 Å². The van der Waals surface area contributed by atoms with Crippen LogP contribution in [0.1, 0.15) is 25.7 Å². The average molecular weight is 283 g/mol. The summed E-state index contributed by atoms with van der Waals surface area (Å²) in [5.74, 6) is -0.151. The molecule has 0 atom stereocenters. The summed E-state index contributed by atoms with van der Waals surface area (Å²) >= 11 is 0. The van der Waals surface area contributed by atoms with Crippen molar-refractivity contribution in [1.29, 1.82) is 0 Å². The number of aromatic nitrogens is 4. The maximum Gasteiger partial charge on any atom is 0.263 e. The van der Waals surface area contributed by atoms with E-state index in [2.05, 4.69) is 25.5 Å². The summed E-state index contributed by atoms with van der Waals surface area (Å²) in [6, 6.07) is 0.0634. The van der Waals surface area contributed by atoms with E-state index in [0.717, 1.165) is 0 Å². The number of nitrogens with zero attached hydrogens (tertiary/aromatic N) is 2. The van der Waals surface area contributed by atoms with Crippen molar-refractivity contribution in [3.05, 3.63) is 16.6 Å². The van der Waals surface area contributed by atoms with Gasteiger partial charge in [-0.2, -0.15) is 10.1 Å². The summed E-state index contributed by atoms with van der Waals surface area (Å²) in [5.41, 5.74) is 0.144. The number of fused-ring (bicyclic) bond motifs is 1. The number of hydrogen-bond donors (Lipinski definition) is 3. The summed E-state index contributed by atoms with van der Waals surface area (Å²) in [5, 5.41) is 9.90. The van der Waals surface area contributed by atoms with Crippen molar-refractivity contribution in [1.82, 2.24) is 20.2 Å². The number of alkyl halides is 2. The van der Waals surface area contributed by atoms with Gasteiger partial charge in [0, 0.05) is 12.0 Å². The van der Waals surface area contributed by atoms with Crippen molar-refractivity contribution >= 4 is 17.0 Å². The van der Waals surface area contributed by atoms with Crippen molar-refractivity contribution < 1.29 is 8.78 Å². The number of halogens is 2. The lowest BCUT2D eigenvalue weighted by Gasteiger charge is -2.28. The van der Waals surface area contributed by atoms with Gasteiger partial charge in [-0.1, -0.05) is 0 Å². The van der Waals surface area contributed by atoms with Gasteiger partial charge in [-0.05, 0) is 25.7 Å². The third-order valence-electron chi connectivity index (χ3n) is 3.79. The third-order valence-corrected chi connectivity index (χ3v) is 3.79. The van der Waals surface area contributed by atoms with Gasteiger partial charge in [-0.25, -0.2) is 8.78 Å². The van der Waals surface area contributed by atoms with Crippen molar-refractivity contribution in [3.8, 4) is 0 Å². The zero-order chi connectivity index (χ0) is 14.1. The molecule has 1 aliphatic carbocycles. The van der Waals surface area contributed by atoms with Crippen LogP contribution in [-0.2, 0) is 0 Å². The van der Waals surface area contributed by atoms with Gasteiger partial charge in [-0.15, -0.1) is 0 Å². The largest absolute Gasteiger partial charge is 0.353 e.